The predicted molar refractivity (Wildman–Crippen MR) is 144 cm³/mol. The fourth-order valence-electron chi connectivity index (χ4n) is 6.19. The van der Waals surface area contributed by atoms with Crippen molar-refractivity contribution in [2.24, 2.45) is 5.41 Å². The molecule has 1 atom stereocenters. The molecule has 2 amide bonds. The molecule has 3 aliphatic heterocycles. The summed E-state index contributed by atoms with van der Waals surface area (Å²) in [7, 11) is 1.59. The van der Waals surface area contributed by atoms with Crippen LogP contribution in [0.15, 0.2) is 28.8 Å². The van der Waals surface area contributed by atoms with Crippen molar-refractivity contribution in [2.75, 3.05) is 53.0 Å². The average Bonchev–Trinajstić information content (AvgIpc) is 3.43. The van der Waals surface area contributed by atoms with E-state index in [9.17, 15) is 9.59 Å². The molecular formula is C29H41N5O5. The van der Waals surface area contributed by atoms with Crippen LogP contribution < -0.4 is 10.1 Å². The number of ether oxygens (including phenoxy) is 2. The Bertz CT molecular complexity index is 1110. The fraction of sp³-hybridized carbons (Fsp3) is 0.655. The Kier molecular flexibility index (Phi) is 9.13. The number of aryl methyl sites for hydroxylation is 1. The number of carbonyl (C=O) groups is 2. The van der Waals surface area contributed by atoms with E-state index in [-0.39, 0.29) is 23.1 Å². The minimum atomic E-state index is -0.368. The first-order valence-electron chi connectivity index (χ1n) is 14.4. The standard InChI is InChI=1S/C29H41N5O5/c1-37-21-25-31-27(32-39-25)23-9-6-15-34(19-23)26(35)20-33-16-12-29(13-17-33)11-5-4-8-22-7-2-3-10-24(22)38-18-14-30-28(29)36/h2-3,7,10,23H,4-6,8-9,11-21H2,1H3,(H,30,36). The number of aromatic nitrogens is 2. The third-order valence-corrected chi connectivity index (χ3v) is 8.51. The first-order chi connectivity index (χ1) is 19.1. The third kappa shape index (κ3) is 6.78. The van der Waals surface area contributed by atoms with Crippen LogP contribution in [-0.2, 0) is 27.4 Å². The van der Waals surface area contributed by atoms with Gasteiger partial charge in [-0.15, -0.1) is 0 Å². The van der Waals surface area contributed by atoms with Gasteiger partial charge in [0.1, 0.15) is 19.0 Å². The van der Waals surface area contributed by atoms with Gasteiger partial charge < -0.3 is 24.2 Å². The van der Waals surface area contributed by atoms with Gasteiger partial charge >= 0.3 is 0 Å². The number of carbonyl (C=O) groups excluding carboxylic acids is 2. The summed E-state index contributed by atoms with van der Waals surface area (Å²) < 4.78 is 16.3. The highest BCUT2D eigenvalue weighted by atomic mass is 16.5. The number of likely N-dealkylation sites (tertiary alicyclic amines) is 2. The molecule has 212 valence electrons. The maximum absolute atomic E-state index is 13.4. The van der Waals surface area contributed by atoms with E-state index in [4.69, 9.17) is 14.0 Å². The molecule has 4 heterocycles. The summed E-state index contributed by atoms with van der Waals surface area (Å²) in [6.45, 7) is 4.50. The molecule has 10 nitrogen and oxygen atoms in total. The van der Waals surface area contributed by atoms with E-state index >= 15 is 0 Å². The molecule has 0 aliphatic carbocycles. The molecule has 1 unspecified atom stereocenters. The first kappa shape index (κ1) is 27.6. The highest BCUT2D eigenvalue weighted by molar-refractivity contribution is 5.83. The second kappa shape index (κ2) is 12.9. The van der Waals surface area contributed by atoms with E-state index in [2.05, 4.69) is 32.5 Å². The molecule has 3 aliphatic rings. The zero-order chi connectivity index (χ0) is 27.1. The second-order valence-corrected chi connectivity index (χ2v) is 11.1. The van der Waals surface area contributed by atoms with Crippen LogP contribution in [0.25, 0.3) is 0 Å². The van der Waals surface area contributed by atoms with Crippen molar-refractivity contribution < 1.29 is 23.6 Å². The Labute approximate surface area is 230 Å². The molecule has 1 aromatic heterocycles. The number of hydrogen-bond acceptors (Lipinski definition) is 8. The van der Waals surface area contributed by atoms with Gasteiger partial charge in [-0.1, -0.05) is 29.8 Å². The number of amides is 2. The molecule has 0 bridgehead atoms. The fourth-order valence-corrected chi connectivity index (χ4v) is 6.19. The van der Waals surface area contributed by atoms with Crippen LogP contribution in [0.2, 0.25) is 0 Å². The number of para-hydroxylation sites is 1. The van der Waals surface area contributed by atoms with E-state index in [1.165, 1.54) is 5.56 Å². The number of nitrogens with zero attached hydrogens (tertiary/aromatic N) is 4. The number of rotatable bonds is 5. The molecule has 2 aromatic rings. The van der Waals surface area contributed by atoms with Gasteiger partial charge in [-0.05, 0) is 69.7 Å². The summed E-state index contributed by atoms with van der Waals surface area (Å²) in [5.41, 5.74) is 0.869. The van der Waals surface area contributed by atoms with Crippen LogP contribution in [-0.4, -0.2) is 84.7 Å². The Morgan fingerprint density at radius 3 is 2.85 bits per heavy atom. The van der Waals surface area contributed by atoms with Crippen LogP contribution in [0.3, 0.4) is 0 Å². The molecule has 5 rings (SSSR count). The Morgan fingerprint density at radius 2 is 2.00 bits per heavy atom. The molecule has 2 saturated heterocycles. The van der Waals surface area contributed by atoms with Crippen molar-refractivity contribution in [1.29, 1.82) is 0 Å². The van der Waals surface area contributed by atoms with E-state index in [1.807, 2.05) is 17.0 Å². The molecule has 0 radical (unpaired) electrons. The summed E-state index contributed by atoms with van der Waals surface area (Å²) in [5.74, 6) is 2.40. The summed E-state index contributed by atoms with van der Waals surface area (Å²) in [4.78, 5) is 35.2. The lowest BCUT2D eigenvalue weighted by Crippen LogP contribution is -2.52. The van der Waals surface area contributed by atoms with Crippen LogP contribution in [0.4, 0.5) is 0 Å². The molecule has 1 aromatic carbocycles. The van der Waals surface area contributed by atoms with Gasteiger partial charge in [0.2, 0.25) is 11.8 Å². The lowest BCUT2D eigenvalue weighted by Gasteiger charge is -2.41. The Morgan fingerprint density at radius 1 is 1.15 bits per heavy atom. The largest absolute Gasteiger partial charge is 0.491 e. The van der Waals surface area contributed by atoms with Crippen molar-refractivity contribution in [2.45, 2.75) is 63.9 Å². The summed E-state index contributed by atoms with van der Waals surface area (Å²) in [6, 6.07) is 8.20. The van der Waals surface area contributed by atoms with Crippen LogP contribution in [0.5, 0.6) is 5.75 Å². The molecule has 10 heteroatoms. The van der Waals surface area contributed by atoms with E-state index in [1.54, 1.807) is 7.11 Å². The minimum absolute atomic E-state index is 0.0811. The Balaban J connectivity index is 1.13. The predicted octanol–water partition coefficient (Wildman–Crippen LogP) is 2.93. The van der Waals surface area contributed by atoms with Crippen LogP contribution in [0.1, 0.15) is 68.1 Å². The van der Waals surface area contributed by atoms with Crippen molar-refractivity contribution in [3.8, 4) is 5.75 Å². The molecule has 0 saturated carbocycles. The molecule has 1 N–H and O–H groups in total. The number of benzene rings is 1. The maximum Gasteiger partial charge on any atom is 0.252 e. The zero-order valence-corrected chi connectivity index (χ0v) is 23.0. The van der Waals surface area contributed by atoms with Crippen molar-refractivity contribution in [1.82, 2.24) is 25.3 Å². The van der Waals surface area contributed by atoms with Gasteiger partial charge in [0.25, 0.3) is 5.89 Å². The second-order valence-electron chi connectivity index (χ2n) is 11.1. The Hall–Kier alpha value is -2.98. The van der Waals surface area contributed by atoms with E-state index < -0.39 is 0 Å². The number of fused-ring (bicyclic) bond motifs is 1. The molecule has 1 spiro atoms. The third-order valence-electron chi connectivity index (χ3n) is 8.51. The summed E-state index contributed by atoms with van der Waals surface area (Å²) in [5, 5.41) is 7.26. The molecular weight excluding hydrogens is 498 g/mol. The summed E-state index contributed by atoms with van der Waals surface area (Å²) >= 11 is 0. The van der Waals surface area contributed by atoms with Crippen molar-refractivity contribution in [3.63, 3.8) is 0 Å². The van der Waals surface area contributed by atoms with Crippen LogP contribution >= 0.6 is 0 Å². The lowest BCUT2D eigenvalue weighted by molar-refractivity contribution is -0.137. The zero-order valence-electron chi connectivity index (χ0n) is 23.0. The maximum atomic E-state index is 13.4. The monoisotopic (exact) mass is 539 g/mol. The molecule has 39 heavy (non-hydrogen) atoms. The summed E-state index contributed by atoms with van der Waals surface area (Å²) in [6.07, 6.45) is 7.28. The molecule has 2 fully saturated rings. The van der Waals surface area contributed by atoms with Gasteiger partial charge in [-0.25, -0.2) is 0 Å². The SMILES string of the molecule is COCc1nc(C2CCCN(C(=O)CN3CCC4(CCCCc5ccccc5OCCNC4=O)CC3)C2)no1. The number of nitrogens with one attached hydrogen (secondary N) is 1. The van der Waals surface area contributed by atoms with Gasteiger partial charge in [-0.3, -0.25) is 14.5 Å². The van der Waals surface area contributed by atoms with Gasteiger partial charge in [0, 0.05) is 26.1 Å². The van der Waals surface area contributed by atoms with Gasteiger partial charge in [0.05, 0.1) is 18.5 Å². The number of piperidine rings is 2. The highest BCUT2D eigenvalue weighted by Gasteiger charge is 2.41. The minimum Gasteiger partial charge on any atom is -0.491 e. The van der Waals surface area contributed by atoms with Gasteiger partial charge in [-0.2, -0.15) is 4.98 Å². The van der Waals surface area contributed by atoms with Crippen molar-refractivity contribution in [3.05, 3.63) is 41.5 Å². The van der Waals surface area contributed by atoms with E-state index in [0.717, 1.165) is 76.8 Å². The number of hydrogen-bond donors (Lipinski definition) is 1. The number of methoxy groups -OCH3 is 1. The quantitative estimate of drug-likeness (QED) is 0.618. The van der Waals surface area contributed by atoms with E-state index in [0.29, 0.717) is 44.6 Å². The normalized spacial score (nSPS) is 22.7. The topological polar surface area (TPSA) is 110 Å². The average molecular weight is 540 g/mol. The van der Waals surface area contributed by atoms with Crippen LogP contribution in [0, 0.1) is 5.41 Å². The van der Waals surface area contributed by atoms with Gasteiger partial charge in [0.15, 0.2) is 5.82 Å². The lowest BCUT2D eigenvalue weighted by atomic mass is 9.73. The highest BCUT2D eigenvalue weighted by Crippen LogP contribution is 2.38. The first-order valence-corrected chi connectivity index (χ1v) is 14.4. The van der Waals surface area contributed by atoms with Crippen molar-refractivity contribution >= 4 is 11.8 Å². The smallest absolute Gasteiger partial charge is 0.252 e.